The third-order valence-electron chi connectivity index (χ3n) is 10.9. The fraction of sp³-hybridized carbons (Fsp3) is 0.245. The number of carboxylic acid groups (broad SMARTS) is 1. The number of ether oxygens (including phenoxy) is 5. The van der Waals surface area contributed by atoms with Crippen LogP contribution in [0, 0.1) is 36.5 Å². The van der Waals surface area contributed by atoms with Gasteiger partial charge in [0.25, 0.3) is 0 Å². The number of morpholine rings is 1. The second-order valence-corrected chi connectivity index (χ2v) is 15.9. The number of aromatic nitrogens is 2. The van der Waals surface area contributed by atoms with E-state index in [1.807, 2.05) is 43.0 Å². The summed E-state index contributed by atoms with van der Waals surface area (Å²) in [7, 11) is 0. The summed E-state index contributed by atoms with van der Waals surface area (Å²) in [5.74, 6) is 0.630. The van der Waals surface area contributed by atoms with E-state index in [1.54, 1.807) is 48.8 Å². The first kappa shape index (κ1) is 45.3. The van der Waals surface area contributed by atoms with Crippen molar-refractivity contribution in [3.05, 3.63) is 163 Å². The number of aliphatic hydroxyl groups is 1. The minimum absolute atomic E-state index is 0.0663. The van der Waals surface area contributed by atoms with E-state index in [2.05, 4.69) is 34.2 Å². The number of aliphatic carboxylic acids is 1. The summed E-state index contributed by atoms with van der Waals surface area (Å²) in [6.45, 7) is 5.51. The van der Waals surface area contributed by atoms with Crippen molar-refractivity contribution in [1.82, 2.24) is 14.9 Å². The number of carboxylic acids is 1. The summed E-state index contributed by atoms with van der Waals surface area (Å²) in [5.41, 5.74) is 9.25. The minimum atomic E-state index is -0.980. The van der Waals surface area contributed by atoms with Crippen LogP contribution in [0.15, 0.2) is 97.6 Å². The van der Waals surface area contributed by atoms with Gasteiger partial charge < -0.3 is 33.9 Å². The van der Waals surface area contributed by atoms with E-state index in [1.165, 1.54) is 12.4 Å². The number of nitrogens with zero attached hydrogens (tertiary/aromatic N) is 5. The van der Waals surface area contributed by atoms with Crippen molar-refractivity contribution in [3.63, 3.8) is 0 Å². The van der Waals surface area contributed by atoms with E-state index in [0.29, 0.717) is 79.6 Å². The molecule has 0 radical (unpaired) electrons. The number of rotatable bonds is 17. The van der Waals surface area contributed by atoms with Crippen molar-refractivity contribution in [2.24, 2.45) is 0 Å². The Hall–Kier alpha value is -6.71. The van der Waals surface area contributed by atoms with Gasteiger partial charge in [0.2, 0.25) is 0 Å². The molecule has 0 saturated carbocycles. The summed E-state index contributed by atoms with van der Waals surface area (Å²) >= 11 is 13.5. The normalized spacial score (nSPS) is 13.7. The quantitative estimate of drug-likeness (QED) is 0.0887. The second-order valence-electron chi connectivity index (χ2n) is 15.1. The Morgan fingerprint density at radius 2 is 1.22 bits per heavy atom. The average molecular weight is 901 g/mol. The average Bonchev–Trinajstić information content (AvgIpc) is 3.31. The van der Waals surface area contributed by atoms with Gasteiger partial charge in [-0.25, -0.2) is 0 Å². The minimum Gasteiger partial charge on any atom is -0.488 e. The predicted molar refractivity (Wildman–Crippen MR) is 238 cm³/mol. The Morgan fingerprint density at radius 3 is 1.72 bits per heavy atom. The highest BCUT2D eigenvalue weighted by molar-refractivity contribution is 6.32. The fourth-order valence-corrected chi connectivity index (χ4v) is 7.80. The Kier molecular flexibility index (Phi) is 14.9. The van der Waals surface area contributed by atoms with Crippen molar-refractivity contribution in [1.29, 1.82) is 10.5 Å². The summed E-state index contributed by atoms with van der Waals surface area (Å²) in [4.78, 5) is 22.1. The van der Waals surface area contributed by atoms with Crippen LogP contribution in [0.4, 0.5) is 0 Å². The largest absolute Gasteiger partial charge is 0.488 e. The van der Waals surface area contributed by atoms with Crippen LogP contribution >= 0.6 is 23.2 Å². The SMILES string of the molecule is Cc1c(COc2cc(OCc3cncc(C#N)c3)c(CO)cc2Cl)cccc1-c1cccc(COc2cc(OCc3cncc(C#N)c3)c(CN3CCOCC3C(=O)O)cc2Cl)c1C. The van der Waals surface area contributed by atoms with Crippen LogP contribution in [0.2, 0.25) is 10.0 Å². The molecular formula is C49H43Cl2N5O8. The topological polar surface area (TPSA) is 180 Å². The van der Waals surface area contributed by atoms with Crippen LogP contribution in [0.25, 0.3) is 11.1 Å². The maximum absolute atomic E-state index is 12.1. The summed E-state index contributed by atoms with van der Waals surface area (Å²) in [5, 5.41) is 39.2. The zero-order valence-corrected chi connectivity index (χ0v) is 36.5. The maximum Gasteiger partial charge on any atom is 0.323 e. The summed E-state index contributed by atoms with van der Waals surface area (Å²) < 4.78 is 30.4. The monoisotopic (exact) mass is 899 g/mol. The fourth-order valence-electron chi connectivity index (χ4n) is 7.31. The molecule has 1 aliphatic rings. The molecule has 0 bridgehead atoms. The smallest absolute Gasteiger partial charge is 0.323 e. The molecule has 1 fully saturated rings. The third kappa shape index (κ3) is 10.9. The first-order valence-electron chi connectivity index (χ1n) is 20.2. The first-order valence-corrected chi connectivity index (χ1v) is 21.0. The molecule has 0 spiro atoms. The van der Waals surface area contributed by atoms with Gasteiger partial charge in [0.15, 0.2) is 0 Å². The first-order chi connectivity index (χ1) is 31.0. The van der Waals surface area contributed by atoms with Crippen molar-refractivity contribution in [2.75, 3.05) is 19.8 Å². The van der Waals surface area contributed by atoms with Gasteiger partial charge in [0, 0.05) is 72.3 Å². The van der Waals surface area contributed by atoms with Gasteiger partial charge >= 0.3 is 5.97 Å². The molecule has 0 amide bonds. The Morgan fingerprint density at radius 1 is 0.719 bits per heavy atom. The van der Waals surface area contributed by atoms with Gasteiger partial charge in [-0.2, -0.15) is 10.5 Å². The Labute approximate surface area is 380 Å². The van der Waals surface area contributed by atoms with E-state index >= 15 is 0 Å². The maximum atomic E-state index is 12.1. The lowest BCUT2D eigenvalue weighted by Crippen LogP contribution is -2.49. The number of nitriles is 2. The highest BCUT2D eigenvalue weighted by Gasteiger charge is 2.30. The van der Waals surface area contributed by atoms with E-state index in [-0.39, 0.29) is 46.2 Å². The predicted octanol–water partition coefficient (Wildman–Crippen LogP) is 8.90. The van der Waals surface area contributed by atoms with E-state index in [0.717, 1.165) is 33.4 Å². The van der Waals surface area contributed by atoms with Crippen molar-refractivity contribution >= 4 is 29.2 Å². The molecule has 6 aromatic rings. The molecule has 15 heteroatoms. The number of halogens is 2. The molecule has 1 atom stereocenters. The van der Waals surface area contributed by atoms with Gasteiger partial charge in [-0.05, 0) is 71.5 Å². The van der Waals surface area contributed by atoms with Gasteiger partial charge in [-0.1, -0.05) is 59.6 Å². The molecule has 0 aliphatic carbocycles. The van der Waals surface area contributed by atoms with Crippen LogP contribution < -0.4 is 18.9 Å². The second kappa shape index (κ2) is 21.1. The zero-order valence-electron chi connectivity index (χ0n) is 35.0. The van der Waals surface area contributed by atoms with Crippen LogP contribution in [0.5, 0.6) is 23.0 Å². The van der Waals surface area contributed by atoms with Crippen molar-refractivity contribution in [2.45, 2.75) is 59.5 Å². The van der Waals surface area contributed by atoms with Gasteiger partial charge in [-0.15, -0.1) is 0 Å². The molecule has 2 N–H and O–H groups in total. The van der Waals surface area contributed by atoms with Crippen LogP contribution in [0.1, 0.15) is 55.6 Å². The number of hydrogen-bond donors (Lipinski definition) is 2. The van der Waals surface area contributed by atoms with Gasteiger partial charge in [0.1, 0.15) is 67.6 Å². The van der Waals surface area contributed by atoms with E-state index in [4.69, 9.17) is 46.9 Å². The molecule has 13 nitrogen and oxygen atoms in total. The zero-order chi connectivity index (χ0) is 45.2. The van der Waals surface area contributed by atoms with Gasteiger partial charge in [-0.3, -0.25) is 19.7 Å². The molecule has 64 heavy (non-hydrogen) atoms. The van der Waals surface area contributed by atoms with E-state index in [9.17, 15) is 25.5 Å². The molecule has 1 saturated heterocycles. The lowest BCUT2D eigenvalue weighted by atomic mass is 9.92. The summed E-state index contributed by atoms with van der Waals surface area (Å²) in [6, 6.07) is 25.5. The molecule has 7 rings (SSSR count). The van der Waals surface area contributed by atoms with Crippen molar-refractivity contribution < 1.29 is 38.7 Å². The number of benzene rings is 4. The van der Waals surface area contributed by atoms with E-state index < -0.39 is 12.0 Å². The van der Waals surface area contributed by atoms with Crippen molar-refractivity contribution in [3.8, 4) is 46.3 Å². The van der Waals surface area contributed by atoms with Crippen LogP contribution in [-0.2, 0) is 49.1 Å². The Bertz CT molecular complexity index is 2750. The summed E-state index contributed by atoms with van der Waals surface area (Å²) in [6.07, 6.45) is 6.18. The highest BCUT2D eigenvalue weighted by atomic mass is 35.5. The molecule has 4 aromatic carbocycles. The number of carbonyl (C=O) groups is 1. The standard InChI is InChI=1S/C49H43Cl2N5O8/c1-30-36(27-63-47-15-45(61-25-34-11-32(17-52)19-54-21-34)38(13-42(47)50)23-56-9-10-60-29-44(56)49(58)59)5-3-7-40(30)41-8-4-6-37(31(41)2)28-64-48-16-46(39(24-57)14-43(48)51)62-26-35-12-33(18-53)20-55-22-35/h3-8,11-16,19-22,44,57H,9-10,23-29H2,1-2H3,(H,58,59). The molecule has 326 valence electrons. The lowest BCUT2D eigenvalue weighted by molar-refractivity contribution is -0.150. The van der Waals surface area contributed by atoms with Gasteiger partial charge in [0.05, 0.1) is 41.0 Å². The molecule has 1 aliphatic heterocycles. The molecule has 3 heterocycles. The lowest BCUT2D eigenvalue weighted by Gasteiger charge is -2.33. The Balaban J connectivity index is 1.08. The van der Waals surface area contributed by atoms with Crippen LogP contribution in [-0.4, -0.2) is 56.9 Å². The number of pyridine rings is 2. The number of aliphatic hydroxyl groups excluding tert-OH is 1. The highest BCUT2D eigenvalue weighted by Crippen LogP contribution is 2.38. The third-order valence-corrected chi connectivity index (χ3v) is 11.5. The van der Waals surface area contributed by atoms with Crippen LogP contribution in [0.3, 0.4) is 0 Å². The molecular weight excluding hydrogens is 857 g/mol. The molecule has 2 aromatic heterocycles. The molecule has 1 unspecified atom stereocenters. The number of hydrogen-bond acceptors (Lipinski definition) is 12.